The largest absolute Gasteiger partial charge is 0.457 e. The fourth-order valence-electron chi connectivity index (χ4n) is 1.85. The zero-order valence-electron chi connectivity index (χ0n) is 12.8. The molecule has 0 spiro atoms. The molecule has 2 N–H and O–H groups in total. The lowest BCUT2D eigenvalue weighted by Gasteiger charge is -2.11. The molecule has 22 heavy (non-hydrogen) atoms. The maximum Gasteiger partial charge on any atom is 0.170 e. The smallest absolute Gasteiger partial charge is 0.170 e. The summed E-state index contributed by atoms with van der Waals surface area (Å²) in [5.74, 6) is 1.65. The maximum atomic E-state index is 5.86. The van der Waals surface area contributed by atoms with Gasteiger partial charge in [-0.25, -0.2) is 0 Å². The number of aryl methyl sites for hydroxylation is 1. The van der Waals surface area contributed by atoms with Gasteiger partial charge in [0.1, 0.15) is 11.5 Å². The Bertz CT molecular complexity index is 614. The zero-order valence-corrected chi connectivity index (χ0v) is 13.6. The SMILES string of the molecule is COCCNC(=S)Nc1ccc(Oc2ccccc2C)cc1. The first-order chi connectivity index (χ1) is 10.7. The van der Waals surface area contributed by atoms with Crippen molar-refractivity contribution in [1.82, 2.24) is 5.32 Å². The molecular formula is C17H20N2O2S. The van der Waals surface area contributed by atoms with Gasteiger partial charge < -0.3 is 20.1 Å². The van der Waals surface area contributed by atoms with E-state index in [1.807, 2.05) is 55.5 Å². The molecule has 0 amide bonds. The third kappa shape index (κ3) is 5.02. The molecule has 5 heteroatoms. The van der Waals surface area contributed by atoms with Crippen LogP contribution in [0.2, 0.25) is 0 Å². The Kier molecular flexibility index (Phi) is 6.18. The second kappa shape index (κ2) is 8.36. The lowest BCUT2D eigenvalue weighted by atomic mass is 10.2. The first-order valence-electron chi connectivity index (χ1n) is 7.06. The predicted octanol–water partition coefficient (Wildman–Crippen LogP) is 3.72. The van der Waals surface area contributed by atoms with Gasteiger partial charge in [-0.2, -0.15) is 0 Å². The lowest BCUT2D eigenvalue weighted by Crippen LogP contribution is -2.31. The Hall–Kier alpha value is -2.11. The Morgan fingerprint density at radius 2 is 1.82 bits per heavy atom. The summed E-state index contributed by atoms with van der Waals surface area (Å²) in [7, 11) is 1.66. The minimum atomic E-state index is 0.574. The fraction of sp³-hybridized carbons (Fsp3) is 0.235. The molecule has 2 rings (SSSR count). The van der Waals surface area contributed by atoms with E-state index in [-0.39, 0.29) is 0 Å². The van der Waals surface area contributed by atoms with Gasteiger partial charge in [0.05, 0.1) is 6.61 Å². The van der Waals surface area contributed by atoms with E-state index < -0.39 is 0 Å². The second-order valence-corrected chi connectivity index (χ2v) is 5.17. The third-order valence-electron chi connectivity index (χ3n) is 3.03. The van der Waals surface area contributed by atoms with Crippen molar-refractivity contribution in [3.8, 4) is 11.5 Å². The number of ether oxygens (including phenoxy) is 2. The third-order valence-corrected chi connectivity index (χ3v) is 3.27. The van der Waals surface area contributed by atoms with Crippen molar-refractivity contribution < 1.29 is 9.47 Å². The minimum absolute atomic E-state index is 0.574. The zero-order chi connectivity index (χ0) is 15.8. The van der Waals surface area contributed by atoms with E-state index in [4.69, 9.17) is 21.7 Å². The van der Waals surface area contributed by atoms with Gasteiger partial charge >= 0.3 is 0 Å². The topological polar surface area (TPSA) is 42.5 Å². The van der Waals surface area contributed by atoms with Crippen molar-refractivity contribution in [3.63, 3.8) is 0 Å². The number of hydrogen-bond acceptors (Lipinski definition) is 3. The summed E-state index contributed by atoms with van der Waals surface area (Å²) in [4.78, 5) is 0. The van der Waals surface area contributed by atoms with Gasteiger partial charge in [-0.3, -0.25) is 0 Å². The highest BCUT2D eigenvalue weighted by molar-refractivity contribution is 7.80. The van der Waals surface area contributed by atoms with Crippen LogP contribution < -0.4 is 15.4 Å². The molecule has 0 fully saturated rings. The molecule has 0 radical (unpaired) electrons. The number of methoxy groups -OCH3 is 1. The molecule has 4 nitrogen and oxygen atoms in total. The van der Waals surface area contributed by atoms with Crippen LogP contribution in [-0.4, -0.2) is 25.4 Å². The number of thiocarbonyl (C=S) groups is 1. The summed E-state index contributed by atoms with van der Waals surface area (Å²) >= 11 is 5.20. The molecule has 116 valence electrons. The summed E-state index contributed by atoms with van der Waals surface area (Å²) in [5.41, 5.74) is 2.01. The van der Waals surface area contributed by atoms with E-state index in [0.717, 1.165) is 22.7 Å². The van der Waals surface area contributed by atoms with E-state index in [0.29, 0.717) is 18.3 Å². The van der Waals surface area contributed by atoms with Crippen molar-refractivity contribution in [2.24, 2.45) is 0 Å². The number of anilines is 1. The van der Waals surface area contributed by atoms with E-state index in [9.17, 15) is 0 Å². The van der Waals surface area contributed by atoms with E-state index in [2.05, 4.69) is 10.6 Å². The van der Waals surface area contributed by atoms with Gasteiger partial charge in [0.25, 0.3) is 0 Å². The summed E-state index contributed by atoms with van der Waals surface area (Å²) in [6, 6.07) is 15.6. The average molecular weight is 316 g/mol. The Morgan fingerprint density at radius 3 is 2.50 bits per heavy atom. The Balaban J connectivity index is 1.90. The van der Waals surface area contributed by atoms with Gasteiger partial charge in [-0.1, -0.05) is 18.2 Å². The maximum absolute atomic E-state index is 5.86. The summed E-state index contributed by atoms with van der Waals surface area (Å²) in [6.07, 6.45) is 0. The Morgan fingerprint density at radius 1 is 1.09 bits per heavy atom. The highest BCUT2D eigenvalue weighted by atomic mass is 32.1. The van der Waals surface area contributed by atoms with Crippen LogP contribution >= 0.6 is 12.2 Å². The number of nitrogens with one attached hydrogen (secondary N) is 2. The molecule has 0 saturated heterocycles. The summed E-state index contributed by atoms with van der Waals surface area (Å²) < 4.78 is 10.8. The van der Waals surface area contributed by atoms with Gasteiger partial charge in [-0.05, 0) is 55.0 Å². The van der Waals surface area contributed by atoms with Crippen LogP contribution in [-0.2, 0) is 4.74 Å². The quantitative estimate of drug-likeness (QED) is 0.628. The highest BCUT2D eigenvalue weighted by Gasteiger charge is 2.01. The van der Waals surface area contributed by atoms with Crippen LogP contribution in [0.25, 0.3) is 0 Å². The minimum Gasteiger partial charge on any atom is -0.457 e. The molecule has 0 aliphatic carbocycles. The molecule has 0 bridgehead atoms. The molecular weight excluding hydrogens is 296 g/mol. The molecule has 2 aromatic carbocycles. The average Bonchev–Trinajstić information content (AvgIpc) is 2.52. The normalized spacial score (nSPS) is 10.1. The van der Waals surface area contributed by atoms with Crippen LogP contribution in [0.4, 0.5) is 5.69 Å². The van der Waals surface area contributed by atoms with Crippen molar-refractivity contribution >= 4 is 23.0 Å². The predicted molar refractivity (Wildman–Crippen MR) is 93.8 cm³/mol. The fourth-order valence-corrected chi connectivity index (χ4v) is 2.07. The van der Waals surface area contributed by atoms with E-state index in [1.165, 1.54) is 0 Å². The highest BCUT2D eigenvalue weighted by Crippen LogP contribution is 2.25. The molecule has 0 aromatic heterocycles. The first-order valence-corrected chi connectivity index (χ1v) is 7.47. The van der Waals surface area contributed by atoms with Crippen LogP contribution in [0.1, 0.15) is 5.56 Å². The first kappa shape index (κ1) is 16.3. The number of para-hydroxylation sites is 1. The summed E-state index contributed by atoms with van der Waals surface area (Å²) in [6.45, 7) is 3.32. The van der Waals surface area contributed by atoms with Gasteiger partial charge in [-0.15, -0.1) is 0 Å². The van der Waals surface area contributed by atoms with Gasteiger partial charge in [0.2, 0.25) is 0 Å². The van der Waals surface area contributed by atoms with Gasteiger partial charge in [0.15, 0.2) is 5.11 Å². The number of benzene rings is 2. The number of rotatable bonds is 6. The van der Waals surface area contributed by atoms with Crippen molar-refractivity contribution in [2.75, 3.05) is 25.6 Å². The van der Waals surface area contributed by atoms with Crippen LogP contribution in [0.15, 0.2) is 48.5 Å². The lowest BCUT2D eigenvalue weighted by molar-refractivity contribution is 0.204. The molecule has 0 atom stereocenters. The molecule has 0 aliphatic heterocycles. The molecule has 2 aromatic rings. The molecule has 0 aliphatic rings. The van der Waals surface area contributed by atoms with Gasteiger partial charge in [0, 0.05) is 19.3 Å². The number of hydrogen-bond donors (Lipinski definition) is 2. The van der Waals surface area contributed by atoms with Crippen LogP contribution in [0.5, 0.6) is 11.5 Å². The van der Waals surface area contributed by atoms with Crippen LogP contribution in [0.3, 0.4) is 0 Å². The standard InChI is InChI=1S/C17H20N2O2S/c1-13-5-3-4-6-16(13)21-15-9-7-14(8-10-15)19-17(22)18-11-12-20-2/h3-10H,11-12H2,1-2H3,(H2,18,19,22). The molecule has 0 unspecified atom stereocenters. The second-order valence-electron chi connectivity index (χ2n) is 4.77. The molecule has 0 saturated carbocycles. The monoisotopic (exact) mass is 316 g/mol. The van der Waals surface area contributed by atoms with Crippen molar-refractivity contribution in [2.45, 2.75) is 6.92 Å². The van der Waals surface area contributed by atoms with Crippen molar-refractivity contribution in [1.29, 1.82) is 0 Å². The summed E-state index contributed by atoms with van der Waals surface area (Å²) in [5, 5.41) is 6.74. The molecule has 0 heterocycles. The Labute approximate surface area is 136 Å². The van der Waals surface area contributed by atoms with Crippen LogP contribution in [0, 0.1) is 6.92 Å². The van der Waals surface area contributed by atoms with Crippen molar-refractivity contribution in [3.05, 3.63) is 54.1 Å². The van der Waals surface area contributed by atoms with E-state index >= 15 is 0 Å². The van der Waals surface area contributed by atoms with E-state index in [1.54, 1.807) is 7.11 Å².